The Hall–Kier alpha value is -0.660. The molecule has 4 aliphatic rings. The molecule has 4 fully saturated rings. The summed E-state index contributed by atoms with van der Waals surface area (Å²) in [5.41, 5.74) is 0.594. The predicted molar refractivity (Wildman–Crippen MR) is 118 cm³/mol. The zero-order valence-electron chi connectivity index (χ0n) is 19.6. The van der Waals surface area contributed by atoms with Crippen molar-refractivity contribution in [2.45, 2.75) is 105 Å². The molecule has 0 heterocycles. The second kappa shape index (κ2) is 7.79. The van der Waals surface area contributed by atoms with Crippen LogP contribution in [0.15, 0.2) is 0 Å². The second-order valence-electron chi connectivity index (χ2n) is 12.4. The monoisotopic (exact) mass is 400 g/mol. The van der Waals surface area contributed by atoms with Crippen molar-refractivity contribution in [2.24, 2.45) is 52.3 Å². The molecule has 0 aliphatic heterocycles. The fourth-order valence-electron chi connectivity index (χ4n) is 8.75. The summed E-state index contributed by atoms with van der Waals surface area (Å²) in [5.74, 6) is 5.07. The van der Waals surface area contributed by atoms with Crippen molar-refractivity contribution >= 4 is 11.6 Å². The Bertz CT molecular complexity index is 651. The van der Waals surface area contributed by atoms with Gasteiger partial charge < -0.3 is 0 Å². The average Bonchev–Trinajstić information content (AvgIpc) is 3.00. The molecular weight excluding hydrogens is 356 g/mol. The van der Waals surface area contributed by atoms with Crippen molar-refractivity contribution in [3.8, 4) is 0 Å². The van der Waals surface area contributed by atoms with Gasteiger partial charge >= 0.3 is 0 Å². The van der Waals surface area contributed by atoms with Crippen molar-refractivity contribution in [1.29, 1.82) is 0 Å². The molecule has 0 N–H and O–H groups in total. The zero-order valence-corrected chi connectivity index (χ0v) is 19.6. The van der Waals surface area contributed by atoms with Crippen molar-refractivity contribution in [3.63, 3.8) is 0 Å². The minimum Gasteiger partial charge on any atom is -0.300 e. The van der Waals surface area contributed by atoms with Gasteiger partial charge in [0.15, 0.2) is 0 Å². The molecule has 4 rings (SSSR count). The number of rotatable bonds is 5. The number of carbonyl (C=O) groups excluding carboxylic acids is 2. The van der Waals surface area contributed by atoms with E-state index in [1.54, 1.807) is 0 Å². The molecular formula is C27H44O2. The summed E-state index contributed by atoms with van der Waals surface area (Å²) in [6.07, 6.45) is 12.3. The van der Waals surface area contributed by atoms with Gasteiger partial charge in [0, 0.05) is 25.2 Å². The van der Waals surface area contributed by atoms with E-state index in [9.17, 15) is 9.59 Å². The molecule has 164 valence electrons. The van der Waals surface area contributed by atoms with Crippen molar-refractivity contribution in [1.82, 2.24) is 0 Å². The van der Waals surface area contributed by atoms with Gasteiger partial charge in [-0.05, 0) is 78.4 Å². The van der Waals surface area contributed by atoms with Crippen LogP contribution in [0.4, 0.5) is 0 Å². The summed E-state index contributed by atoms with van der Waals surface area (Å²) >= 11 is 0. The first-order valence-electron chi connectivity index (χ1n) is 12.7. The van der Waals surface area contributed by atoms with E-state index in [0.29, 0.717) is 47.6 Å². The van der Waals surface area contributed by atoms with Crippen LogP contribution in [-0.2, 0) is 9.59 Å². The van der Waals surface area contributed by atoms with Crippen LogP contribution in [0.5, 0.6) is 0 Å². The van der Waals surface area contributed by atoms with Gasteiger partial charge in [0.2, 0.25) is 0 Å². The minimum absolute atomic E-state index is 0.231. The van der Waals surface area contributed by atoms with Gasteiger partial charge in [-0.15, -0.1) is 0 Å². The number of hydrogen-bond acceptors (Lipinski definition) is 2. The molecule has 4 aliphatic carbocycles. The molecule has 0 saturated heterocycles. The van der Waals surface area contributed by atoms with Gasteiger partial charge in [-0.3, -0.25) is 9.59 Å². The molecule has 0 aromatic heterocycles. The highest BCUT2D eigenvalue weighted by Gasteiger charge is 2.62. The predicted octanol–water partition coefficient (Wildman–Crippen LogP) is 6.86. The molecule has 0 unspecified atom stereocenters. The Balaban J connectivity index is 1.52. The number of hydrogen-bond donors (Lipinski definition) is 0. The Labute approximate surface area is 179 Å². The van der Waals surface area contributed by atoms with E-state index in [0.717, 1.165) is 30.6 Å². The highest BCUT2D eigenvalue weighted by molar-refractivity contribution is 5.86. The second-order valence-corrected chi connectivity index (χ2v) is 12.4. The highest BCUT2D eigenvalue weighted by Crippen LogP contribution is 2.67. The third-order valence-corrected chi connectivity index (χ3v) is 10.5. The zero-order chi connectivity index (χ0) is 21.0. The van der Waals surface area contributed by atoms with Crippen LogP contribution in [0, 0.1) is 52.3 Å². The van der Waals surface area contributed by atoms with Gasteiger partial charge in [0.1, 0.15) is 11.6 Å². The van der Waals surface area contributed by atoms with Crippen LogP contribution in [-0.4, -0.2) is 11.6 Å². The lowest BCUT2D eigenvalue weighted by Gasteiger charge is -2.59. The molecule has 0 aromatic rings. The first-order chi connectivity index (χ1) is 13.7. The number of Topliss-reactive ketones (excluding diaryl/α,β-unsaturated/α-hetero) is 2. The first-order valence-corrected chi connectivity index (χ1v) is 12.7. The van der Waals surface area contributed by atoms with Crippen LogP contribution in [0.1, 0.15) is 105 Å². The van der Waals surface area contributed by atoms with Crippen LogP contribution in [0.2, 0.25) is 0 Å². The topological polar surface area (TPSA) is 34.1 Å². The largest absolute Gasteiger partial charge is 0.300 e. The molecule has 2 heteroatoms. The summed E-state index contributed by atoms with van der Waals surface area (Å²) < 4.78 is 0. The number of fused-ring (bicyclic) bond motifs is 5. The maximum atomic E-state index is 13.4. The summed E-state index contributed by atoms with van der Waals surface area (Å²) in [6.45, 7) is 12.2. The average molecular weight is 401 g/mol. The standard InChI is InChI=1S/C27H44O2/c1-17(2)7-6-8-18(3)21-9-10-22-25-23(12-14-27(21,22)5)26(4)13-11-20(28)15-19(26)16-24(25)29/h17-19,21-23,25H,6-16H2,1-5H3/t18-,19-,21-,22+,23-,25-,26-,27+/m0/s1. The van der Waals surface area contributed by atoms with Gasteiger partial charge in [-0.1, -0.05) is 53.9 Å². The van der Waals surface area contributed by atoms with Crippen LogP contribution in [0.3, 0.4) is 0 Å². The van der Waals surface area contributed by atoms with Crippen LogP contribution < -0.4 is 0 Å². The summed E-state index contributed by atoms with van der Waals surface area (Å²) in [6, 6.07) is 0. The van der Waals surface area contributed by atoms with Crippen molar-refractivity contribution < 1.29 is 9.59 Å². The van der Waals surface area contributed by atoms with Gasteiger partial charge in [-0.25, -0.2) is 0 Å². The number of carbonyl (C=O) groups is 2. The van der Waals surface area contributed by atoms with E-state index in [1.807, 2.05) is 0 Å². The van der Waals surface area contributed by atoms with Crippen molar-refractivity contribution in [2.75, 3.05) is 0 Å². The molecule has 0 bridgehead atoms. The Morgan fingerprint density at radius 3 is 2.34 bits per heavy atom. The van der Waals surface area contributed by atoms with Gasteiger partial charge in [0.05, 0.1) is 0 Å². The third-order valence-electron chi connectivity index (χ3n) is 10.5. The molecule has 4 saturated carbocycles. The molecule has 0 amide bonds. The third kappa shape index (κ3) is 3.55. The van der Waals surface area contributed by atoms with Gasteiger partial charge in [0.25, 0.3) is 0 Å². The Kier molecular flexibility index (Phi) is 5.79. The van der Waals surface area contributed by atoms with Crippen LogP contribution >= 0.6 is 0 Å². The minimum atomic E-state index is 0.231. The summed E-state index contributed by atoms with van der Waals surface area (Å²) in [7, 11) is 0. The maximum absolute atomic E-state index is 13.4. The Morgan fingerprint density at radius 1 is 0.897 bits per heavy atom. The molecule has 0 aromatic carbocycles. The normalized spacial score (nSPS) is 45.7. The molecule has 29 heavy (non-hydrogen) atoms. The molecule has 8 atom stereocenters. The molecule has 2 nitrogen and oxygen atoms in total. The first kappa shape index (κ1) is 21.6. The smallest absolute Gasteiger partial charge is 0.136 e. The van der Waals surface area contributed by atoms with Gasteiger partial charge in [-0.2, -0.15) is 0 Å². The van der Waals surface area contributed by atoms with E-state index in [4.69, 9.17) is 0 Å². The van der Waals surface area contributed by atoms with E-state index in [-0.39, 0.29) is 11.3 Å². The van der Waals surface area contributed by atoms with E-state index < -0.39 is 0 Å². The van der Waals surface area contributed by atoms with E-state index >= 15 is 0 Å². The maximum Gasteiger partial charge on any atom is 0.136 e. The van der Waals surface area contributed by atoms with E-state index in [2.05, 4.69) is 34.6 Å². The molecule has 0 spiro atoms. The lowest BCUT2D eigenvalue weighted by atomic mass is 9.44. The molecule has 0 radical (unpaired) electrons. The Morgan fingerprint density at radius 2 is 1.62 bits per heavy atom. The lowest BCUT2D eigenvalue weighted by molar-refractivity contribution is -0.159. The van der Waals surface area contributed by atoms with E-state index in [1.165, 1.54) is 44.9 Å². The fraction of sp³-hybridized carbons (Fsp3) is 0.926. The fourth-order valence-corrected chi connectivity index (χ4v) is 8.75. The lowest BCUT2D eigenvalue weighted by Crippen LogP contribution is -2.57. The van der Waals surface area contributed by atoms with Crippen molar-refractivity contribution in [3.05, 3.63) is 0 Å². The quantitative estimate of drug-likeness (QED) is 0.505. The van der Waals surface area contributed by atoms with Crippen LogP contribution in [0.25, 0.3) is 0 Å². The number of ketones is 2. The highest BCUT2D eigenvalue weighted by atomic mass is 16.1. The SMILES string of the molecule is CC(C)CCC[C@H](C)[C@@H]1CC[C@@H]2[C@@H]3C(=O)C[C@@H]4CC(=O)CC[C@]4(C)[C@H]3CC[C@@]21C. The summed E-state index contributed by atoms with van der Waals surface area (Å²) in [4.78, 5) is 25.5. The summed E-state index contributed by atoms with van der Waals surface area (Å²) in [5, 5.41) is 0.